The first kappa shape index (κ1) is 8.12. The third-order valence-electron chi connectivity index (χ3n) is 3.32. The van der Waals surface area contributed by atoms with Crippen molar-refractivity contribution in [2.75, 3.05) is 7.04 Å². The van der Waals surface area contributed by atoms with Gasteiger partial charge in [0.15, 0.2) is 0 Å². The summed E-state index contributed by atoms with van der Waals surface area (Å²) in [5.74, 6) is -1.92. The molecule has 1 aliphatic rings. The molecule has 0 bridgehead atoms. The van der Waals surface area contributed by atoms with Crippen LogP contribution in [0.5, 0.6) is 5.88 Å². The van der Waals surface area contributed by atoms with Gasteiger partial charge in [0.25, 0.3) is 0 Å². The van der Waals surface area contributed by atoms with Gasteiger partial charge in [0.05, 0.1) is 25.1 Å². The predicted molar refractivity (Wildman–Crippen MR) is 66.5 cm³/mol. The van der Waals surface area contributed by atoms with E-state index < -0.39 is 49.3 Å². The Labute approximate surface area is 114 Å². The van der Waals surface area contributed by atoms with E-state index in [0.29, 0.717) is 0 Å². The van der Waals surface area contributed by atoms with Crippen LogP contribution >= 0.6 is 0 Å². The van der Waals surface area contributed by atoms with Gasteiger partial charge >= 0.3 is 7.12 Å². The summed E-state index contributed by atoms with van der Waals surface area (Å²) in [4.78, 5) is 3.56. The Morgan fingerprint density at radius 1 is 1.39 bits per heavy atom. The smallest absolute Gasteiger partial charge is 0.481 e. The molecule has 0 spiro atoms. The van der Waals surface area contributed by atoms with Gasteiger partial charge in [-0.1, -0.05) is 0 Å². The van der Waals surface area contributed by atoms with Crippen LogP contribution in [0.4, 0.5) is 4.39 Å². The van der Waals surface area contributed by atoms with Crippen LogP contribution in [0, 0.1) is 5.82 Å². The second-order valence-electron chi connectivity index (χ2n) is 5.07. The summed E-state index contributed by atoms with van der Waals surface area (Å²) in [7, 11) is -4.11. The van der Waals surface area contributed by atoms with E-state index in [1.54, 1.807) is 27.7 Å². The van der Waals surface area contributed by atoms with Gasteiger partial charge in [-0.15, -0.1) is 0 Å². The molecule has 0 unspecified atom stereocenters. The normalized spacial score (nSPS) is 25.8. The van der Waals surface area contributed by atoms with Crippen LogP contribution in [-0.4, -0.2) is 30.3 Å². The Hall–Kier alpha value is -1.14. The first-order valence-electron chi connectivity index (χ1n) is 7.96. The van der Waals surface area contributed by atoms with Crippen LogP contribution in [0.1, 0.15) is 34.5 Å². The standard InChI is InChI=1S/C12H17BFNO3/c1-11(2)12(3,4)18-13(17-11)8-7-15-10(16-5)6-9(8)14/h6-7H,1-5H3/i5D3,6D,7D. The van der Waals surface area contributed by atoms with Crippen molar-refractivity contribution in [2.24, 2.45) is 0 Å². The zero-order chi connectivity index (χ0) is 17.8. The molecule has 6 heteroatoms. The topological polar surface area (TPSA) is 40.6 Å². The second-order valence-corrected chi connectivity index (χ2v) is 5.07. The molecule has 0 aliphatic carbocycles. The molecular weight excluding hydrogens is 236 g/mol. The van der Waals surface area contributed by atoms with Gasteiger partial charge < -0.3 is 14.0 Å². The van der Waals surface area contributed by atoms with Crippen molar-refractivity contribution in [3.63, 3.8) is 0 Å². The Morgan fingerprint density at radius 2 is 2.00 bits per heavy atom. The van der Waals surface area contributed by atoms with Crippen molar-refractivity contribution in [1.82, 2.24) is 4.98 Å². The van der Waals surface area contributed by atoms with E-state index in [-0.39, 0.29) is 5.46 Å². The van der Waals surface area contributed by atoms with E-state index in [9.17, 15) is 4.39 Å². The Kier molecular flexibility index (Phi) is 1.90. The Bertz CT molecular complexity index is 622. The molecule has 0 radical (unpaired) electrons. The highest BCUT2D eigenvalue weighted by Gasteiger charge is 2.52. The van der Waals surface area contributed by atoms with E-state index in [4.69, 9.17) is 16.2 Å². The van der Waals surface area contributed by atoms with Gasteiger partial charge in [0.1, 0.15) is 5.82 Å². The first-order valence-corrected chi connectivity index (χ1v) is 5.46. The molecule has 0 atom stereocenters. The van der Waals surface area contributed by atoms with Crippen molar-refractivity contribution in [1.29, 1.82) is 0 Å². The van der Waals surface area contributed by atoms with Crippen LogP contribution < -0.4 is 10.2 Å². The number of rotatable bonds is 2. The number of methoxy groups -OCH3 is 1. The quantitative estimate of drug-likeness (QED) is 0.754. The third kappa shape index (κ3) is 2.10. The van der Waals surface area contributed by atoms with Gasteiger partial charge in [-0.25, -0.2) is 9.37 Å². The average molecular weight is 258 g/mol. The monoisotopic (exact) mass is 258 g/mol. The number of hydrogen-bond acceptors (Lipinski definition) is 4. The first-order chi connectivity index (χ1) is 10.3. The zero-order valence-corrected chi connectivity index (χ0v) is 10.6. The molecule has 98 valence electrons. The van der Waals surface area contributed by atoms with E-state index in [0.717, 1.165) is 0 Å². The number of ether oxygens (including phenoxy) is 1. The molecule has 0 aromatic carbocycles. The highest BCUT2D eigenvalue weighted by atomic mass is 19.1. The molecule has 1 fully saturated rings. The van der Waals surface area contributed by atoms with Crippen molar-refractivity contribution >= 4 is 12.6 Å². The maximum absolute atomic E-state index is 14.5. The fourth-order valence-corrected chi connectivity index (χ4v) is 1.51. The van der Waals surface area contributed by atoms with E-state index in [1.807, 2.05) is 0 Å². The molecule has 1 saturated heterocycles. The average Bonchev–Trinajstić information content (AvgIpc) is 2.53. The number of pyridine rings is 1. The fourth-order valence-electron chi connectivity index (χ4n) is 1.51. The third-order valence-corrected chi connectivity index (χ3v) is 3.32. The minimum atomic E-state index is -2.90. The number of halogens is 1. The van der Waals surface area contributed by atoms with Crippen LogP contribution in [0.15, 0.2) is 12.2 Å². The van der Waals surface area contributed by atoms with Crippen LogP contribution in [-0.2, 0) is 9.31 Å². The molecule has 0 saturated carbocycles. The highest BCUT2D eigenvalue weighted by molar-refractivity contribution is 6.62. The lowest BCUT2D eigenvalue weighted by Gasteiger charge is -2.32. The Balaban J connectivity index is 2.45. The molecular formula is C12H17BFNO3. The van der Waals surface area contributed by atoms with Gasteiger partial charge in [-0.05, 0) is 27.7 Å². The minimum absolute atomic E-state index is 0.355. The number of aromatic nitrogens is 1. The highest BCUT2D eigenvalue weighted by Crippen LogP contribution is 2.36. The van der Waals surface area contributed by atoms with Crippen LogP contribution in [0.25, 0.3) is 0 Å². The molecule has 4 nitrogen and oxygen atoms in total. The summed E-state index contributed by atoms with van der Waals surface area (Å²) >= 11 is 0. The molecule has 18 heavy (non-hydrogen) atoms. The second kappa shape index (κ2) is 4.21. The van der Waals surface area contributed by atoms with Gasteiger partial charge in [0.2, 0.25) is 5.88 Å². The summed E-state index contributed by atoms with van der Waals surface area (Å²) in [6.45, 7) is 7.04. The molecule has 2 rings (SSSR count). The minimum Gasteiger partial charge on any atom is -0.481 e. The van der Waals surface area contributed by atoms with Gasteiger partial charge in [-0.3, -0.25) is 0 Å². The molecule has 0 N–H and O–H groups in total. The van der Waals surface area contributed by atoms with Crippen molar-refractivity contribution in [2.45, 2.75) is 38.9 Å². The number of hydrogen-bond donors (Lipinski definition) is 0. The Morgan fingerprint density at radius 3 is 2.56 bits per heavy atom. The zero-order valence-electron chi connectivity index (χ0n) is 15.6. The van der Waals surface area contributed by atoms with Crippen molar-refractivity contribution < 1.29 is 25.3 Å². The van der Waals surface area contributed by atoms with Crippen LogP contribution in [0.2, 0.25) is 0 Å². The fraction of sp³-hybridized carbons (Fsp3) is 0.583. The molecule has 0 amide bonds. The summed E-state index contributed by atoms with van der Waals surface area (Å²) in [5, 5.41) is 0. The molecule has 2 heterocycles. The van der Waals surface area contributed by atoms with Gasteiger partial charge in [-0.2, -0.15) is 0 Å². The molecule has 1 aliphatic heterocycles. The van der Waals surface area contributed by atoms with Crippen molar-refractivity contribution in [3.8, 4) is 5.88 Å². The summed E-state index contributed by atoms with van der Waals surface area (Å²) in [6.07, 6.45) is -0.601. The lowest BCUT2D eigenvalue weighted by molar-refractivity contribution is 0.00578. The summed E-state index contributed by atoms with van der Waals surface area (Å²) in [6, 6.07) is -0.859. The largest absolute Gasteiger partial charge is 0.499 e. The van der Waals surface area contributed by atoms with E-state index in [1.165, 1.54) is 0 Å². The molecule has 1 aromatic rings. The maximum atomic E-state index is 14.5. The van der Waals surface area contributed by atoms with Gasteiger partial charge in [0, 0.05) is 17.7 Å². The SMILES string of the molecule is [2H]c1nc(OC([2H])([2H])[2H])c([2H])c(F)c1B1OC(C)(C)C(C)(C)O1. The van der Waals surface area contributed by atoms with Crippen LogP contribution in [0.3, 0.4) is 0 Å². The van der Waals surface area contributed by atoms with E-state index in [2.05, 4.69) is 9.72 Å². The van der Waals surface area contributed by atoms with Crippen molar-refractivity contribution in [3.05, 3.63) is 18.0 Å². The summed E-state index contributed by atoms with van der Waals surface area (Å²) in [5.41, 5.74) is -1.87. The lowest BCUT2D eigenvalue weighted by atomic mass is 9.80. The lowest BCUT2D eigenvalue weighted by Crippen LogP contribution is -2.41. The number of nitrogens with zero attached hydrogens (tertiary/aromatic N) is 1. The van der Waals surface area contributed by atoms with E-state index >= 15 is 0 Å². The predicted octanol–water partition coefficient (Wildman–Crippen LogP) is 1.53. The molecule has 1 aromatic heterocycles. The summed E-state index contributed by atoms with van der Waals surface area (Å²) < 4.78 is 66.7. The maximum Gasteiger partial charge on any atom is 0.499 e.